The fourth-order valence-electron chi connectivity index (χ4n) is 4.41. The Morgan fingerprint density at radius 2 is 1.25 bits per heavy atom. The molecule has 3 fully saturated rings. The van der Waals surface area contributed by atoms with Gasteiger partial charge in [-0.3, -0.25) is 4.90 Å². The molecule has 2 saturated heterocycles. The third-order valence-electron chi connectivity index (χ3n) is 5.07. The summed E-state index contributed by atoms with van der Waals surface area (Å²) in [4.78, 5) is 2.90. The highest BCUT2D eigenvalue weighted by Gasteiger charge is 2.42. The number of hydrogen-bond donors (Lipinski definition) is 1. The Kier molecular flexibility index (Phi) is 3.21. The van der Waals surface area contributed by atoms with Crippen molar-refractivity contribution < 1.29 is 0 Å². The first-order valence-corrected chi connectivity index (χ1v) is 7.37. The quantitative estimate of drug-likeness (QED) is 0.691. The second kappa shape index (κ2) is 4.66. The van der Waals surface area contributed by atoms with Crippen molar-refractivity contribution in [1.82, 2.24) is 4.90 Å². The lowest BCUT2D eigenvalue weighted by Gasteiger charge is -2.42. The Labute approximate surface area is 99.6 Å². The van der Waals surface area contributed by atoms with E-state index in [4.69, 9.17) is 5.73 Å². The third kappa shape index (κ3) is 2.02. The molecule has 2 nitrogen and oxygen atoms in total. The molecule has 2 N–H and O–H groups in total. The molecule has 0 radical (unpaired) electrons. The number of nitrogens with two attached hydrogens (primary N) is 1. The molecule has 2 heteroatoms. The summed E-state index contributed by atoms with van der Waals surface area (Å²) >= 11 is 0. The smallest absolute Gasteiger partial charge is 0.0116 e. The number of nitrogens with zero attached hydrogens (tertiary/aromatic N) is 1. The average Bonchev–Trinajstić information content (AvgIpc) is 2.49. The van der Waals surface area contributed by atoms with Crippen LogP contribution in [0, 0.1) is 0 Å². The van der Waals surface area contributed by atoms with Crippen LogP contribution in [-0.2, 0) is 0 Å². The molecule has 0 amide bonds. The number of piperidine rings is 1. The van der Waals surface area contributed by atoms with E-state index in [-0.39, 0.29) is 0 Å². The zero-order valence-corrected chi connectivity index (χ0v) is 10.4. The summed E-state index contributed by atoms with van der Waals surface area (Å²) in [5.74, 6) is 0. The van der Waals surface area contributed by atoms with Crippen LogP contribution in [-0.4, -0.2) is 29.1 Å². The predicted octanol–water partition coefficient (Wildman–Crippen LogP) is 2.66. The Morgan fingerprint density at radius 3 is 1.81 bits per heavy atom. The van der Waals surface area contributed by atoms with Crippen molar-refractivity contribution in [2.75, 3.05) is 0 Å². The highest BCUT2D eigenvalue weighted by atomic mass is 15.2. The normalized spacial score (nSPS) is 42.2. The van der Waals surface area contributed by atoms with E-state index in [9.17, 15) is 0 Å². The minimum atomic E-state index is 0.500. The molecule has 2 bridgehead atoms. The summed E-state index contributed by atoms with van der Waals surface area (Å²) in [6, 6.07) is 3.10. The fraction of sp³-hybridized carbons (Fsp3) is 1.00. The van der Waals surface area contributed by atoms with Crippen LogP contribution >= 0.6 is 0 Å². The van der Waals surface area contributed by atoms with Crippen molar-refractivity contribution in [2.24, 2.45) is 5.73 Å². The molecular formula is C14H26N2. The topological polar surface area (TPSA) is 29.3 Å². The highest BCUT2D eigenvalue weighted by molar-refractivity contribution is 4.99. The lowest BCUT2D eigenvalue weighted by atomic mass is 9.94. The predicted molar refractivity (Wildman–Crippen MR) is 67.3 cm³/mol. The molecular weight excluding hydrogens is 196 g/mol. The Morgan fingerprint density at radius 1 is 0.688 bits per heavy atom. The standard InChI is InChI=1S/C14H26N2/c15-11-9-13-7-8-14(10-11)16(13)12-5-3-1-2-4-6-12/h11-14H,1-10,15H2. The molecule has 2 unspecified atom stereocenters. The van der Waals surface area contributed by atoms with Crippen LogP contribution in [0.5, 0.6) is 0 Å². The van der Waals surface area contributed by atoms with Crippen LogP contribution in [0.25, 0.3) is 0 Å². The minimum Gasteiger partial charge on any atom is -0.328 e. The van der Waals surface area contributed by atoms with Crippen molar-refractivity contribution >= 4 is 0 Å². The van der Waals surface area contributed by atoms with Gasteiger partial charge in [0.05, 0.1) is 0 Å². The van der Waals surface area contributed by atoms with Crippen molar-refractivity contribution in [3.8, 4) is 0 Å². The van der Waals surface area contributed by atoms with E-state index >= 15 is 0 Å². The van der Waals surface area contributed by atoms with Gasteiger partial charge in [0.2, 0.25) is 0 Å². The maximum Gasteiger partial charge on any atom is 0.0116 e. The molecule has 1 aliphatic carbocycles. The Balaban J connectivity index is 1.69. The molecule has 92 valence electrons. The first-order chi connectivity index (χ1) is 7.84. The molecule has 0 aromatic carbocycles. The van der Waals surface area contributed by atoms with Gasteiger partial charge >= 0.3 is 0 Å². The second-order valence-corrected chi connectivity index (χ2v) is 6.21. The maximum absolute atomic E-state index is 6.15. The number of fused-ring (bicyclic) bond motifs is 2. The van der Waals surface area contributed by atoms with Gasteiger partial charge in [-0.15, -0.1) is 0 Å². The van der Waals surface area contributed by atoms with Crippen LogP contribution in [0.15, 0.2) is 0 Å². The van der Waals surface area contributed by atoms with Crippen LogP contribution in [0.4, 0.5) is 0 Å². The number of rotatable bonds is 1. The van der Waals surface area contributed by atoms with Crippen molar-refractivity contribution in [3.63, 3.8) is 0 Å². The summed E-state index contributed by atoms with van der Waals surface area (Å²) in [7, 11) is 0. The van der Waals surface area contributed by atoms with E-state index in [0.29, 0.717) is 6.04 Å². The third-order valence-corrected chi connectivity index (χ3v) is 5.07. The van der Waals surface area contributed by atoms with E-state index in [0.717, 1.165) is 18.1 Å². The van der Waals surface area contributed by atoms with Crippen LogP contribution < -0.4 is 5.73 Å². The summed E-state index contributed by atoms with van der Waals surface area (Å²) < 4.78 is 0. The van der Waals surface area contributed by atoms with E-state index in [1.165, 1.54) is 64.2 Å². The van der Waals surface area contributed by atoms with Gasteiger partial charge in [0.15, 0.2) is 0 Å². The largest absolute Gasteiger partial charge is 0.328 e. The summed E-state index contributed by atoms with van der Waals surface area (Å²) in [6.45, 7) is 0. The molecule has 0 aromatic rings. The lowest BCUT2D eigenvalue weighted by molar-refractivity contribution is 0.0692. The van der Waals surface area contributed by atoms with Crippen LogP contribution in [0.1, 0.15) is 64.2 Å². The summed E-state index contributed by atoms with van der Waals surface area (Å²) in [6.07, 6.45) is 14.2. The molecule has 3 aliphatic rings. The van der Waals surface area contributed by atoms with E-state index < -0.39 is 0 Å². The second-order valence-electron chi connectivity index (χ2n) is 6.21. The van der Waals surface area contributed by atoms with Crippen molar-refractivity contribution in [2.45, 2.75) is 88.4 Å². The van der Waals surface area contributed by atoms with Gasteiger partial charge in [-0.2, -0.15) is 0 Å². The van der Waals surface area contributed by atoms with Crippen LogP contribution in [0.3, 0.4) is 0 Å². The maximum atomic E-state index is 6.15. The fourth-order valence-corrected chi connectivity index (χ4v) is 4.41. The van der Waals surface area contributed by atoms with E-state index in [1.54, 1.807) is 0 Å². The van der Waals surface area contributed by atoms with E-state index in [2.05, 4.69) is 4.90 Å². The molecule has 0 aromatic heterocycles. The lowest BCUT2D eigenvalue weighted by Crippen LogP contribution is -2.51. The summed E-state index contributed by atoms with van der Waals surface area (Å²) in [5, 5.41) is 0. The average molecular weight is 222 g/mol. The van der Waals surface area contributed by atoms with Gasteiger partial charge in [0.1, 0.15) is 0 Å². The van der Waals surface area contributed by atoms with Gasteiger partial charge in [-0.05, 0) is 38.5 Å². The molecule has 16 heavy (non-hydrogen) atoms. The monoisotopic (exact) mass is 222 g/mol. The Bertz CT molecular complexity index is 219. The van der Waals surface area contributed by atoms with Gasteiger partial charge in [0.25, 0.3) is 0 Å². The molecule has 2 atom stereocenters. The first kappa shape index (κ1) is 11.0. The number of hydrogen-bond acceptors (Lipinski definition) is 2. The van der Waals surface area contributed by atoms with Crippen molar-refractivity contribution in [1.29, 1.82) is 0 Å². The molecule has 3 rings (SSSR count). The molecule has 2 aliphatic heterocycles. The van der Waals surface area contributed by atoms with Gasteiger partial charge in [0, 0.05) is 24.2 Å². The minimum absolute atomic E-state index is 0.500. The zero-order valence-electron chi connectivity index (χ0n) is 10.4. The van der Waals surface area contributed by atoms with Crippen LogP contribution in [0.2, 0.25) is 0 Å². The summed E-state index contributed by atoms with van der Waals surface area (Å²) in [5.41, 5.74) is 6.15. The molecule has 0 spiro atoms. The molecule has 2 heterocycles. The SMILES string of the molecule is NC1CC2CCC(C1)N2C1CCCCCC1. The van der Waals surface area contributed by atoms with E-state index in [1.807, 2.05) is 0 Å². The molecule has 1 saturated carbocycles. The zero-order chi connectivity index (χ0) is 11.0. The van der Waals surface area contributed by atoms with Gasteiger partial charge < -0.3 is 5.73 Å². The van der Waals surface area contributed by atoms with Gasteiger partial charge in [-0.25, -0.2) is 0 Å². The van der Waals surface area contributed by atoms with Gasteiger partial charge in [-0.1, -0.05) is 25.7 Å². The Hall–Kier alpha value is -0.0800. The van der Waals surface area contributed by atoms with Crippen molar-refractivity contribution in [3.05, 3.63) is 0 Å². The first-order valence-electron chi connectivity index (χ1n) is 7.37. The highest BCUT2D eigenvalue weighted by Crippen LogP contribution is 2.39.